The fraction of sp³-hybridized carbons (Fsp3) is 0.267. The van der Waals surface area contributed by atoms with E-state index in [1.165, 1.54) is 0 Å². The van der Waals surface area contributed by atoms with Crippen LogP contribution < -0.4 is 10.6 Å². The van der Waals surface area contributed by atoms with Crippen LogP contribution in [0.1, 0.15) is 30.8 Å². The van der Waals surface area contributed by atoms with Gasteiger partial charge < -0.3 is 10.6 Å². The van der Waals surface area contributed by atoms with E-state index >= 15 is 0 Å². The van der Waals surface area contributed by atoms with Gasteiger partial charge in [0.25, 0.3) is 5.91 Å². The molecule has 0 aliphatic rings. The highest BCUT2D eigenvalue weighted by molar-refractivity contribution is 6.30. The maximum atomic E-state index is 11.9. The molecule has 0 spiro atoms. The maximum absolute atomic E-state index is 11.9. The molecule has 6 heteroatoms. The van der Waals surface area contributed by atoms with Crippen molar-refractivity contribution >= 4 is 29.0 Å². The van der Waals surface area contributed by atoms with Gasteiger partial charge in [-0.3, -0.25) is 4.79 Å². The fourth-order valence-electron chi connectivity index (χ4n) is 1.63. The number of aromatic nitrogens is 2. The molecular weight excluding hydrogens is 288 g/mol. The average molecular weight is 305 g/mol. The Morgan fingerprint density at radius 3 is 2.71 bits per heavy atom. The van der Waals surface area contributed by atoms with E-state index in [4.69, 9.17) is 11.6 Å². The molecule has 1 unspecified atom stereocenters. The van der Waals surface area contributed by atoms with Crippen LogP contribution in [0.2, 0.25) is 5.02 Å². The highest BCUT2D eigenvalue weighted by Crippen LogP contribution is 2.18. The van der Waals surface area contributed by atoms with E-state index in [-0.39, 0.29) is 11.9 Å². The van der Waals surface area contributed by atoms with E-state index in [1.807, 2.05) is 26.0 Å². The van der Waals surface area contributed by atoms with E-state index in [9.17, 15) is 4.79 Å². The summed E-state index contributed by atoms with van der Waals surface area (Å²) in [5, 5.41) is 14.5. The van der Waals surface area contributed by atoms with E-state index < -0.39 is 0 Å². The van der Waals surface area contributed by atoms with Crippen molar-refractivity contribution in [2.45, 2.75) is 26.3 Å². The molecule has 0 radical (unpaired) electrons. The maximum Gasteiger partial charge on any atom is 0.272 e. The Balaban J connectivity index is 2.03. The van der Waals surface area contributed by atoms with E-state index in [2.05, 4.69) is 20.8 Å². The Morgan fingerprint density at radius 1 is 1.29 bits per heavy atom. The topological polar surface area (TPSA) is 66.9 Å². The van der Waals surface area contributed by atoms with Crippen molar-refractivity contribution in [1.82, 2.24) is 15.5 Å². The summed E-state index contributed by atoms with van der Waals surface area (Å²) in [6.07, 6.45) is 0.869. The lowest BCUT2D eigenvalue weighted by molar-refractivity contribution is 0.0933. The minimum atomic E-state index is -0.217. The Morgan fingerprint density at radius 2 is 2.10 bits per heavy atom. The van der Waals surface area contributed by atoms with Gasteiger partial charge in [-0.15, -0.1) is 10.2 Å². The van der Waals surface area contributed by atoms with Crippen LogP contribution in [-0.2, 0) is 0 Å². The third-order valence-corrected chi connectivity index (χ3v) is 3.22. The Bertz CT molecular complexity index is 615. The number of amides is 1. The van der Waals surface area contributed by atoms with Crippen LogP contribution in [0, 0.1) is 0 Å². The quantitative estimate of drug-likeness (QED) is 0.888. The first kappa shape index (κ1) is 15.3. The van der Waals surface area contributed by atoms with Crippen LogP contribution in [0.15, 0.2) is 36.4 Å². The zero-order chi connectivity index (χ0) is 15.2. The van der Waals surface area contributed by atoms with Crippen molar-refractivity contribution in [3.63, 3.8) is 0 Å². The number of hydrogen-bond acceptors (Lipinski definition) is 4. The van der Waals surface area contributed by atoms with Gasteiger partial charge in [-0.1, -0.05) is 24.6 Å². The SMILES string of the molecule is CCC(C)NC(=O)c1ccc(Nc2cccc(Cl)c2)nn1. The van der Waals surface area contributed by atoms with Gasteiger partial charge in [0.2, 0.25) is 0 Å². The number of benzene rings is 1. The second-order valence-electron chi connectivity index (χ2n) is 4.72. The number of anilines is 2. The summed E-state index contributed by atoms with van der Waals surface area (Å²) in [4.78, 5) is 11.9. The lowest BCUT2D eigenvalue weighted by atomic mass is 10.2. The monoisotopic (exact) mass is 304 g/mol. The minimum Gasteiger partial charge on any atom is -0.348 e. The molecule has 1 heterocycles. The molecule has 0 bridgehead atoms. The van der Waals surface area contributed by atoms with Crippen LogP contribution in [-0.4, -0.2) is 22.1 Å². The summed E-state index contributed by atoms with van der Waals surface area (Å²) in [6.45, 7) is 3.95. The number of carbonyl (C=O) groups excluding carboxylic acids is 1. The zero-order valence-corrected chi connectivity index (χ0v) is 12.7. The highest BCUT2D eigenvalue weighted by atomic mass is 35.5. The molecular formula is C15H17ClN4O. The lowest BCUT2D eigenvalue weighted by Gasteiger charge is -2.10. The number of nitrogens with one attached hydrogen (secondary N) is 2. The van der Waals surface area contributed by atoms with Gasteiger partial charge in [0, 0.05) is 16.8 Å². The fourth-order valence-corrected chi connectivity index (χ4v) is 1.82. The Labute approximate surface area is 128 Å². The Kier molecular flexibility index (Phi) is 5.11. The summed E-state index contributed by atoms with van der Waals surface area (Å²) < 4.78 is 0. The average Bonchev–Trinajstić information content (AvgIpc) is 2.47. The van der Waals surface area contributed by atoms with Gasteiger partial charge in [0.1, 0.15) is 0 Å². The summed E-state index contributed by atoms with van der Waals surface area (Å²) in [7, 11) is 0. The van der Waals surface area contributed by atoms with E-state index in [0.29, 0.717) is 16.5 Å². The van der Waals surface area contributed by atoms with Gasteiger partial charge in [-0.2, -0.15) is 0 Å². The lowest BCUT2D eigenvalue weighted by Crippen LogP contribution is -2.32. The van der Waals surface area contributed by atoms with Crippen molar-refractivity contribution in [1.29, 1.82) is 0 Å². The van der Waals surface area contributed by atoms with E-state index in [0.717, 1.165) is 12.1 Å². The molecule has 21 heavy (non-hydrogen) atoms. The molecule has 0 fully saturated rings. The standard InChI is InChI=1S/C15H17ClN4O/c1-3-10(2)17-15(21)13-7-8-14(20-19-13)18-12-6-4-5-11(16)9-12/h4-10H,3H2,1-2H3,(H,17,21)(H,18,20). The van der Waals surface area contributed by atoms with Crippen molar-refractivity contribution in [2.24, 2.45) is 0 Å². The molecule has 1 atom stereocenters. The molecule has 2 N–H and O–H groups in total. The molecule has 0 saturated heterocycles. The number of rotatable bonds is 5. The van der Waals surface area contributed by atoms with Crippen molar-refractivity contribution in [3.05, 3.63) is 47.1 Å². The molecule has 1 aromatic carbocycles. The predicted octanol–water partition coefficient (Wildman–Crippen LogP) is 3.40. The molecule has 1 amide bonds. The third-order valence-electron chi connectivity index (χ3n) is 2.98. The number of hydrogen-bond donors (Lipinski definition) is 2. The Hall–Kier alpha value is -2.14. The van der Waals surface area contributed by atoms with Gasteiger partial charge in [-0.05, 0) is 43.7 Å². The van der Waals surface area contributed by atoms with Crippen LogP contribution in [0.25, 0.3) is 0 Å². The van der Waals surface area contributed by atoms with Crippen molar-refractivity contribution in [2.75, 3.05) is 5.32 Å². The third kappa shape index (κ3) is 4.43. The van der Waals surface area contributed by atoms with E-state index in [1.54, 1.807) is 24.3 Å². The molecule has 2 aromatic rings. The van der Waals surface area contributed by atoms with Crippen LogP contribution >= 0.6 is 11.6 Å². The molecule has 0 aliphatic heterocycles. The predicted molar refractivity (Wildman–Crippen MR) is 84.0 cm³/mol. The van der Waals surface area contributed by atoms with Gasteiger partial charge >= 0.3 is 0 Å². The first-order valence-electron chi connectivity index (χ1n) is 6.75. The minimum absolute atomic E-state index is 0.114. The highest BCUT2D eigenvalue weighted by Gasteiger charge is 2.10. The summed E-state index contributed by atoms with van der Waals surface area (Å²) in [5.41, 5.74) is 1.11. The molecule has 5 nitrogen and oxygen atoms in total. The number of carbonyl (C=O) groups is 1. The van der Waals surface area contributed by atoms with Crippen LogP contribution in [0.3, 0.4) is 0 Å². The molecule has 0 saturated carbocycles. The largest absolute Gasteiger partial charge is 0.348 e. The second kappa shape index (κ2) is 7.04. The summed E-state index contributed by atoms with van der Waals surface area (Å²) in [6, 6.07) is 10.7. The zero-order valence-electron chi connectivity index (χ0n) is 11.9. The number of nitrogens with zero attached hydrogens (tertiary/aromatic N) is 2. The smallest absolute Gasteiger partial charge is 0.272 e. The molecule has 0 aliphatic carbocycles. The molecule has 1 aromatic heterocycles. The summed E-state index contributed by atoms with van der Waals surface area (Å²) >= 11 is 5.91. The van der Waals surface area contributed by atoms with Gasteiger partial charge in [0.05, 0.1) is 0 Å². The van der Waals surface area contributed by atoms with Crippen molar-refractivity contribution < 1.29 is 4.79 Å². The second-order valence-corrected chi connectivity index (χ2v) is 5.16. The first-order chi connectivity index (χ1) is 10.1. The molecule has 2 rings (SSSR count). The first-order valence-corrected chi connectivity index (χ1v) is 7.13. The van der Waals surface area contributed by atoms with Crippen LogP contribution in [0.5, 0.6) is 0 Å². The van der Waals surface area contributed by atoms with Crippen LogP contribution in [0.4, 0.5) is 11.5 Å². The normalized spacial score (nSPS) is 11.8. The van der Waals surface area contributed by atoms with Gasteiger partial charge in [-0.25, -0.2) is 0 Å². The van der Waals surface area contributed by atoms with Crippen molar-refractivity contribution in [3.8, 4) is 0 Å². The van der Waals surface area contributed by atoms with Gasteiger partial charge in [0.15, 0.2) is 11.5 Å². The molecule has 110 valence electrons. The number of halogens is 1. The summed E-state index contributed by atoms with van der Waals surface area (Å²) in [5.74, 6) is 0.337.